The Labute approximate surface area is 124 Å². The van der Waals surface area contributed by atoms with E-state index in [4.69, 9.17) is 11.6 Å². The summed E-state index contributed by atoms with van der Waals surface area (Å²) in [5, 5.41) is 10.3. The summed E-state index contributed by atoms with van der Waals surface area (Å²) < 4.78 is 0. The predicted molar refractivity (Wildman–Crippen MR) is 80.4 cm³/mol. The molecule has 1 aromatic heterocycles. The molecule has 20 heavy (non-hydrogen) atoms. The van der Waals surface area contributed by atoms with Gasteiger partial charge in [-0.25, -0.2) is 4.98 Å². The maximum atomic E-state index is 11.7. The number of aliphatic hydroxyl groups is 1. The van der Waals surface area contributed by atoms with Crippen molar-refractivity contribution in [3.05, 3.63) is 21.2 Å². The molecule has 1 aliphatic rings. The number of anilines is 1. The number of hydrogen-bond acceptors (Lipinski definition) is 4. The van der Waals surface area contributed by atoms with Gasteiger partial charge in [0, 0.05) is 13.1 Å². The third kappa shape index (κ3) is 3.15. The molecular formula is C14H22ClN3O2. The quantitative estimate of drug-likeness (QED) is 0.895. The predicted octanol–water partition coefficient (Wildman–Crippen LogP) is 1.97. The molecule has 112 valence electrons. The summed E-state index contributed by atoms with van der Waals surface area (Å²) in [6.45, 7) is 7.36. The number of piperidine rings is 1. The summed E-state index contributed by atoms with van der Waals surface area (Å²) in [5.74, 6) is 1.72. The molecule has 5 nitrogen and oxygen atoms in total. The number of nitrogens with zero attached hydrogens (tertiary/aromatic N) is 2. The van der Waals surface area contributed by atoms with Crippen molar-refractivity contribution in [2.75, 3.05) is 18.0 Å². The summed E-state index contributed by atoms with van der Waals surface area (Å²) in [5.41, 5.74) is -0.293. The Kier molecular flexibility index (Phi) is 4.70. The number of aromatic nitrogens is 2. The first kappa shape index (κ1) is 15.3. The third-order valence-electron chi connectivity index (χ3n) is 3.97. The van der Waals surface area contributed by atoms with Crippen LogP contribution in [-0.4, -0.2) is 34.3 Å². The summed E-state index contributed by atoms with van der Waals surface area (Å²) in [4.78, 5) is 20.6. The van der Waals surface area contributed by atoms with Crippen LogP contribution in [0.15, 0.2) is 4.79 Å². The maximum Gasteiger partial charge on any atom is 0.271 e. The van der Waals surface area contributed by atoms with Crippen LogP contribution in [0, 0.1) is 18.8 Å². The van der Waals surface area contributed by atoms with Crippen molar-refractivity contribution in [2.45, 2.75) is 39.7 Å². The number of aromatic amines is 1. The molecule has 6 heteroatoms. The molecule has 0 aliphatic carbocycles. The second-order valence-electron chi connectivity index (χ2n) is 5.85. The molecule has 2 heterocycles. The van der Waals surface area contributed by atoms with Crippen LogP contribution in [0.4, 0.5) is 5.82 Å². The van der Waals surface area contributed by atoms with Crippen LogP contribution in [0.2, 0.25) is 5.02 Å². The molecular weight excluding hydrogens is 278 g/mol. The van der Waals surface area contributed by atoms with Crippen molar-refractivity contribution < 1.29 is 5.11 Å². The zero-order chi connectivity index (χ0) is 14.9. The van der Waals surface area contributed by atoms with Gasteiger partial charge in [0.1, 0.15) is 10.8 Å². The zero-order valence-corrected chi connectivity index (χ0v) is 12.9. The van der Waals surface area contributed by atoms with Crippen molar-refractivity contribution in [1.82, 2.24) is 9.97 Å². The number of hydrogen-bond donors (Lipinski definition) is 2. The van der Waals surface area contributed by atoms with Crippen LogP contribution in [0.5, 0.6) is 0 Å². The van der Waals surface area contributed by atoms with Crippen LogP contribution in [0.25, 0.3) is 0 Å². The lowest BCUT2D eigenvalue weighted by Crippen LogP contribution is -2.40. The van der Waals surface area contributed by atoms with Gasteiger partial charge >= 0.3 is 0 Å². The van der Waals surface area contributed by atoms with Gasteiger partial charge < -0.3 is 15.0 Å². The van der Waals surface area contributed by atoms with Gasteiger partial charge in [-0.15, -0.1) is 0 Å². The van der Waals surface area contributed by atoms with Crippen LogP contribution < -0.4 is 10.5 Å². The largest absolute Gasteiger partial charge is 0.393 e. The fraction of sp³-hybridized carbons (Fsp3) is 0.714. The Bertz CT molecular complexity index is 522. The number of aliphatic hydroxyl groups excluding tert-OH is 1. The normalized spacial score (nSPS) is 18.6. The Balaban J connectivity index is 2.10. The number of halogens is 1. The van der Waals surface area contributed by atoms with E-state index < -0.39 is 0 Å². The van der Waals surface area contributed by atoms with Crippen LogP contribution in [0.1, 0.15) is 32.5 Å². The van der Waals surface area contributed by atoms with Gasteiger partial charge in [-0.05, 0) is 31.6 Å². The molecule has 0 amide bonds. The summed E-state index contributed by atoms with van der Waals surface area (Å²) >= 11 is 6.05. The van der Waals surface area contributed by atoms with E-state index >= 15 is 0 Å². The topological polar surface area (TPSA) is 69.2 Å². The standard InChI is InChI=1S/C14H22ClN3O2/c1-8(2)12(19)10-4-6-18(7-5-10)13-11(15)14(20)17-9(3)16-13/h8,10,12,19H,4-7H2,1-3H3,(H,16,17,20). The summed E-state index contributed by atoms with van der Waals surface area (Å²) in [6, 6.07) is 0. The van der Waals surface area contributed by atoms with Gasteiger partial charge in [0.15, 0.2) is 5.82 Å². The molecule has 1 atom stereocenters. The highest BCUT2D eigenvalue weighted by Gasteiger charge is 2.28. The number of rotatable bonds is 3. The average molecular weight is 300 g/mol. The summed E-state index contributed by atoms with van der Waals surface area (Å²) in [6.07, 6.45) is 1.52. The van der Waals surface area contributed by atoms with Gasteiger partial charge in [-0.3, -0.25) is 4.79 Å². The van der Waals surface area contributed by atoms with E-state index in [1.54, 1.807) is 6.92 Å². The van der Waals surface area contributed by atoms with Gasteiger partial charge in [0.2, 0.25) is 0 Å². The Morgan fingerprint density at radius 1 is 1.40 bits per heavy atom. The summed E-state index contributed by atoms with van der Waals surface area (Å²) in [7, 11) is 0. The van der Waals surface area contributed by atoms with E-state index in [0.717, 1.165) is 25.9 Å². The number of nitrogens with one attached hydrogen (secondary N) is 1. The van der Waals surface area contributed by atoms with E-state index in [1.165, 1.54) is 0 Å². The van der Waals surface area contributed by atoms with Crippen LogP contribution in [0.3, 0.4) is 0 Å². The maximum absolute atomic E-state index is 11.7. The van der Waals surface area contributed by atoms with Crippen molar-refractivity contribution in [3.63, 3.8) is 0 Å². The minimum Gasteiger partial charge on any atom is -0.393 e. The molecule has 1 aromatic rings. The van der Waals surface area contributed by atoms with Gasteiger partial charge in [0.25, 0.3) is 5.56 Å². The lowest BCUT2D eigenvalue weighted by atomic mass is 9.86. The van der Waals surface area contributed by atoms with E-state index in [1.807, 2.05) is 18.7 Å². The molecule has 0 aromatic carbocycles. The molecule has 2 N–H and O–H groups in total. The second-order valence-corrected chi connectivity index (χ2v) is 6.23. The van der Waals surface area contributed by atoms with Gasteiger partial charge in [-0.1, -0.05) is 25.4 Å². The van der Waals surface area contributed by atoms with Gasteiger partial charge in [-0.2, -0.15) is 0 Å². The van der Waals surface area contributed by atoms with Crippen LogP contribution >= 0.6 is 11.6 Å². The molecule has 2 rings (SSSR count). The Morgan fingerprint density at radius 2 is 2.00 bits per heavy atom. The number of H-pyrrole nitrogens is 1. The molecule has 0 saturated carbocycles. The highest BCUT2D eigenvalue weighted by molar-refractivity contribution is 6.32. The lowest BCUT2D eigenvalue weighted by molar-refractivity contribution is 0.0526. The first-order valence-corrected chi connectivity index (χ1v) is 7.47. The lowest BCUT2D eigenvalue weighted by Gasteiger charge is -2.36. The van der Waals surface area contributed by atoms with E-state index in [2.05, 4.69) is 9.97 Å². The van der Waals surface area contributed by atoms with E-state index in [0.29, 0.717) is 17.6 Å². The fourth-order valence-corrected chi connectivity index (χ4v) is 2.97. The van der Waals surface area contributed by atoms with Crippen molar-refractivity contribution in [1.29, 1.82) is 0 Å². The number of aryl methyl sites for hydroxylation is 1. The molecule has 1 saturated heterocycles. The molecule has 0 radical (unpaired) electrons. The zero-order valence-electron chi connectivity index (χ0n) is 12.2. The molecule has 1 unspecified atom stereocenters. The first-order chi connectivity index (χ1) is 9.40. The fourth-order valence-electron chi connectivity index (χ4n) is 2.76. The molecule has 0 spiro atoms. The van der Waals surface area contributed by atoms with Crippen molar-refractivity contribution >= 4 is 17.4 Å². The second kappa shape index (κ2) is 6.14. The highest BCUT2D eigenvalue weighted by atomic mass is 35.5. The third-order valence-corrected chi connectivity index (χ3v) is 4.31. The smallest absolute Gasteiger partial charge is 0.271 e. The minimum absolute atomic E-state index is 0.151. The van der Waals surface area contributed by atoms with Crippen molar-refractivity contribution in [3.8, 4) is 0 Å². The highest BCUT2D eigenvalue weighted by Crippen LogP contribution is 2.29. The molecule has 1 aliphatic heterocycles. The van der Waals surface area contributed by atoms with Crippen LogP contribution in [-0.2, 0) is 0 Å². The van der Waals surface area contributed by atoms with Crippen molar-refractivity contribution in [2.24, 2.45) is 11.8 Å². The SMILES string of the molecule is Cc1nc(N2CCC(C(O)C(C)C)CC2)c(Cl)c(=O)[nH]1. The van der Waals surface area contributed by atoms with E-state index in [-0.39, 0.29) is 22.6 Å². The van der Waals surface area contributed by atoms with E-state index in [9.17, 15) is 9.90 Å². The minimum atomic E-state index is -0.293. The Morgan fingerprint density at radius 3 is 2.55 bits per heavy atom. The van der Waals surface area contributed by atoms with Gasteiger partial charge in [0.05, 0.1) is 6.10 Å². The molecule has 0 bridgehead atoms. The average Bonchev–Trinajstić information content (AvgIpc) is 2.42. The monoisotopic (exact) mass is 299 g/mol. The first-order valence-electron chi connectivity index (χ1n) is 7.09. The molecule has 1 fully saturated rings. The Hall–Kier alpha value is -1.07.